The van der Waals surface area contributed by atoms with Crippen LogP contribution in [0.15, 0.2) is 28.7 Å². The Balaban J connectivity index is 2.20. The minimum absolute atomic E-state index is 0.244. The van der Waals surface area contributed by atoms with E-state index in [4.69, 9.17) is 10.2 Å². The maximum absolute atomic E-state index is 12.9. The van der Waals surface area contributed by atoms with E-state index >= 15 is 0 Å². The van der Waals surface area contributed by atoms with Crippen LogP contribution in [0.3, 0.4) is 0 Å². The second-order valence-electron chi connectivity index (χ2n) is 3.95. The van der Waals surface area contributed by atoms with Crippen molar-refractivity contribution in [1.29, 1.82) is 0 Å². The van der Waals surface area contributed by atoms with Crippen molar-refractivity contribution in [2.24, 2.45) is 5.73 Å². The van der Waals surface area contributed by atoms with Crippen molar-refractivity contribution in [2.45, 2.75) is 18.4 Å². The van der Waals surface area contributed by atoms with Crippen molar-refractivity contribution in [1.82, 2.24) is 0 Å². The fourth-order valence-electron chi connectivity index (χ4n) is 1.64. The maximum Gasteiger partial charge on any atom is 0.134 e. The fourth-order valence-corrected chi connectivity index (χ4v) is 1.64. The van der Waals surface area contributed by atoms with E-state index in [0.717, 1.165) is 24.0 Å². The molecule has 0 saturated heterocycles. The van der Waals surface area contributed by atoms with Gasteiger partial charge >= 0.3 is 0 Å². The Kier molecular flexibility index (Phi) is 1.35. The number of hydrogen-bond acceptors (Lipinski definition) is 2. The first-order valence-corrected chi connectivity index (χ1v) is 4.66. The van der Waals surface area contributed by atoms with Gasteiger partial charge in [-0.15, -0.1) is 0 Å². The second kappa shape index (κ2) is 2.36. The third-order valence-electron chi connectivity index (χ3n) is 2.76. The summed E-state index contributed by atoms with van der Waals surface area (Å²) in [5.41, 5.74) is 6.41. The van der Waals surface area contributed by atoms with Gasteiger partial charge in [0.2, 0.25) is 0 Å². The summed E-state index contributed by atoms with van der Waals surface area (Å²) >= 11 is 0. The summed E-state index contributed by atoms with van der Waals surface area (Å²) < 4.78 is 18.4. The highest BCUT2D eigenvalue weighted by atomic mass is 19.1. The van der Waals surface area contributed by atoms with E-state index in [1.54, 1.807) is 6.07 Å². The summed E-state index contributed by atoms with van der Waals surface area (Å²) in [5.74, 6) is 0.532. The van der Waals surface area contributed by atoms with Crippen molar-refractivity contribution >= 4 is 11.0 Å². The Morgan fingerprint density at radius 2 is 2.07 bits per heavy atom. The third kappa shape index (κ3) is 1.06. The van der Waals surface area contributed by atoms with Gasteiger partial charge in [0, 0.05) is 5.39 Å². The average molecular weight is 191 g/mol. The highest BCUT2D eigenvalue weighted by Gasteiger charge is 2.43. The van der Waals surface area contributed by atoms with Crippen LogP contribution in [-0.2, 0) is 5.54 Å². The lowest BCUT2D eigenvalue weighted by Crippen LogP contribution is -2.17. The predicted molar refractivity (Wildman–Crippen MR) is 51.3 cm³/mol. The predicted octanol–water partition coefficient (Wildman–Crippen LogP) is 2.52. The van der Waals surface area contributed by atoms with Gasteiger partial charge in [-0.3, -0.25) is 0 Å². The Bertz CT molecular complexity index is 499. The molecule has 0 spiro atoms. The van der Waals surface area contributed by atoms with Crippen LogP contribution < -0.4 is 5.73 Å². The van der Waals surface area contributed by atoms with Crippen molar-refractivity contribution in [3.05, 3.63) is 35.8 Å². The number of halogens is 1. The number of rotatable bonds is 1. The zero-order chi connectivity index (χ0) is 9.76. The number of benzene rings is 1. The molecule has 0 bridgehead atoms. The number of fused-ring (bicyclic) bond motifs is 1. The SMILES string of the molecule is NC1(c2cc3cc(F)ccc3o2)CC1. The van der Waals surface area contributed by atoms with Crippen molar-refractivity contribution < 1.29 is 8.81 Å². The molecule has 1 saturated carbocycles. The Labute approximate surface area is 80.5 Å². The van der Waals surface area contributed by atoms with Crippen molar-refractivity contribution in [2.75, 3.05) is 0 Å². The number of furan rings is 1. The van der Waals surface area contributed by atoms with Gasteiger partial charge in [-0.25, -0.2) is 4.39 Å². The summed E-state index contributed by atoms with van der Waals surface area (Å²) in [6, 6.07) is 6.34. The highest BCUT2D eigenvalue weighted by molar-refractivity contribution is 5.78. The van der Waals surface area contributed by atoms with Crippen LogP contribution in [0.5, 0.6) is 0 Å². The molecule has 0 unspecified atom stereocenters. The van der Waals surface area contributed by atoms with Gasteiger partial charge in [0.15, 0.2) is 0 Å². The molecule has 14 heavy (non-hydrogen) atoms. The molecule has 1 aromatic heterocycles. The molecular weight excluding hydrogens is 181 g/mol. The monoisotopic (exact) mass is 191 g/mol. The van der Waals surface area contributed by atoms with Gasteiger partial charge in [0.1, 0.15) is 17.2 Å². The number of hydrogen-bond donors (Lipinski definition) is 1. The molecule has 1 fully saturated rings. The molecule has 1 aliphatic carbocycles. The van der Waals surface area contributed by atoms with Gasteiger partial charge in [-0.1, -0.05) is 0 Å². The molecule has 1 aromatic carbocycles. The molecule has 2 N–H and O–H groups in total. The Morgan fingerprint density at radius 1 is 1.29 bits per heavy atom. The van der Waals surface area contributed by atoms with E-state index in [1.165, 1.54) is 12.1 Å². The van der Waals surface area contributed by atoms with Crippen LogP contribution in [-0.4, -0.2) is 0 Å². The van der Waals surface area contributed by atoms with E-state index in [-0.39, 0.29) is 11.4 Å². The molecule has 1 heterocycles. The Morgan fingerprint density at radius 3 is 2.79 bits per heavy atom. The average Bonchev–Trinajstić information content (AvgIpc) is 2.77. The maximum atomic E-state index is 12.9. The third-order valence-corrected chi connectivity index (χ3v) is 2.76. The lowest BCUT2D eigenvalue weighted by Gasteiger charge is -2.01. The van der Waals surface area contributed by atoms with Gasteiger partial charge in [0.25, 0.3) is 0 Å². The summed E-state index contributed by atoms with van der Waals surface area (Å²) in [5, 5.41) is 0.789. The van der Waals surface area contributed by atoms with E-state index in [0.29, 0.717) is 5.58 Å². The molecular formula is C11H10FNO. The van der Waals surface area contributed by atoms with Gasteiger partial charge in [-0.2, -0.15) is 0 Å². The standard InChI is InChI=1S/C11H10FNO/c12-8-1-2-9-7(5-8)6-10(14-9)11(13)3-4-11/h1-2,5-6H,3-4,13H2. The zero-order valence-corrected chi connectivity index (χ0v) is 7.59. The fraction of sp³-hybridized carbons (Fsp3) is 0.273. The van der Waals surface area contributed by atoms with E-state index in [9.17, 15) is 4.39 Å². The molecule has 72 valence electrons. The molecule has 0 amide bonds. The molecule has 1 aliphatic rings. The first-order chi connectivity index (χ1) is 6.67. The van der Waals surface area contributed by atoms with Crippen LogP contribution >= 0.6 is 0 Å². The summed E-state index contributed by atoms with van der Waals surface area (Å²) in [7, 11) is 0. The van der Waals surface area contributed by atoms with Gasteiger partial charge < -0.3 is 10.2 Å². The number of nitrogens with two attached hydrogens (primary N) is 1. The first kappa shape index (κ1) is 8.00. The quantitative estimate of drug-likeness (QED) is 0.752. The van der Waals surface area contributed by atoms with Crippen LogP contribution in [0.2, 0.25) is 0 Å². The summed E-state index contributed by atoms with van der Waals surface area (Å²) in [4.78, 5) is 0. The molecule has 0 radical (unpaired) electrons. The zero-order valence-electron chi connectivity index (χ0n) is 7.59. The van der Waals surface area contributed by atoms with Crippen molar-refractivity contribution in [3.63, 3.8) is 0 Å². The minimum Gasteiger partial charge on any atom is -0.459 e. The van der Waals surface area contributed by atoms with Crippen LogP contribution in [0.4, 0.5) is 4.39 Å². The highest BCUT2D eigenvalue weighted by Crippen LogP contribution is 2.44. The molecule has 3 heteroatoms. The van der Waals surface area contributed by atoms with Crippen molar-refractivity contribution in [3.8, 4) is 0 Å². The topological polar surface area (TPSA) is 39.2 Å². The smallest absolute Gasteiger partial charge is 0.134 e. The largest absolute Gasteiger partial charge is 0.459 e. The first-order valence-electron chi connectivity index (χ1n) is 4.66. The van der Waals surface area contributed by atoms with E-state index < -0.39 is 0 Å². The normalized spacial score (nSPS) is 18.7. The molecule has 3 rings (SSSR count). The molecule has 2 nitrogen and oxygen atoms in total. The minimum atomic E-state index is -0.282. The van der Waals surface area contributed by atoms with Gasteiger partial charge in [0.05, 0.1) is 5.54 Å². The lowest BCUT2D eigenvalue weighted by atomic mass is 10.2. The van der Waals surface area contributed by atoms with Crippen LogP contribution in [0.25, 0.3) is 11.0 Å². The molecule has 0 aliphatic heterocycles. The lowest BCUT2D eigenvalue weighted by molar-refractivity contribution is 0.486. The molecule has 2 aromatic rings. The molecule has 0 atom stereocenters. The second-order valence-corrected chi connectivity index (χ2v) is 3.95. The van der Waals surface area contributed by atoms with E-state index in [1.807, 2.05) is 6.07 Å². The van der Waals surface area contributed by atoms with Gasteiger partial charge in [-0.05, 0) is 37.1 Å². The Hall–Kier alpha value is -1.35. The van der Waals surface area contributed by atoms with Crippen LogP contribution in [0, 0.1) is 5.82 Å². The van der Waals surface area contributed by atoms with E-state index in [2.05, 4.69) is 0 Å². The summed E-state index contributed by atoms with van der Waals surface area (Å²) in [6.07, 6.45) is 1.91. The summed E-state index contributed by atoms with van der Waals surface area (Å²) in [6.45, 7) is 0. The van der Waals surface area contributed by atoms with Crippen LogP contribution in [0.1, 0.15) is 18.6 Å².